The van der Waals surface area contributed by atoms with Crippen molar-refractivity contribution < 1.29 is 18.3 Å². The molecule has 0 unspecified atom stereocenters. The summed E-state index contributed by atoms with van der Waals surface area (Å²) in [4.78, 5) is 10.7. The number of carboxylic acids is 1. The van der Waals surface area contributed by atoms with Crippen LogP contribution in [0.15, 0.2) is 43.0 Å². The third kappa shape index (κ3) is 5.23. The Morgan fingerprint density at radius 1 is 1.32 bits per heavy atom. The minimum Gasteiger partial charge on any atom is -0.480 e. The molecule has 0 spiro atoms. The Morgan fingerprint density at radius 2 is 1.95 bits per heavy atom. The quantitative estimate of drug-likeness (QED) is 0.726. The first-order valence-corrected chi connectivity index (χ1v) is 7.41. The van der Waals surface area contributed by atoms with Gasteiger partial charge < -0.3 is 5.11 Å². The van der Waals surface area contributed by atoms with Crippen molar-refractivity contribution in [3.05, 3.63) is 48.6 Å². The van der Waals surface area contributed by atoms with Crippen LogP contribution in [0.1, 0.15) is 5.56 Å². The molecule has 104 valence electrons. The molecule has 1 N–H and O–H groups in total. The second-order valence-corrected chi connectivity index (χ2v) is 6.12. The van der Waals surface area contributed by atoms with Gasteiger partial charge >= 0.3 is 5.97 Å². The lowest BCUT2D eigenvalue weighted by molar-refractivity contribution is -0.137. The van der Waals surface area contributed by atoms with Crippen molar-refractivity contribution >= 4 is 16.0 Å². The maximum Gasteiger partial charge on any atom is 0.318 e. The van der Waals surface area contributed by atoms with Crippen LogP contribution in [0.25, 0.3) is 0 Å². The van der Waals surface area contributed by atoms with Crippen LogP contribution in [0.3, 0.4) is 0 Å². The van der Waals surface area contributed by atoms with E-state index >= 15 is 0 Å². The van der Waals surface area contributed by atoms with Crippen molar-refractivity contribution in [3.8, 4) is 0 Å². The number of aliphatic carboxylic acids is 1. The smallest absolute Gasteiger partial charge is 0.318 e. The summed E-state index contributed by atoms with van der Waals surface area (Å²) >= 11 is 0. The summed E-state index contributed by atoms with van der Waals surface area (Å²) in [6.07, 6.45) is 1.74. The average Bonchev–Trinajstić information content (AvgIpc) is 2.37. The van der Waals surface area contributed by atoms with Crippen molar-refractivity contribution in [2.45, 2.75) is 6.42 Å². The molecule has 1 aromatic rings. The van der Waals surface area contributed by atoms with Crippen LogP contribution < -0.4 is 0 Å². The van der Waals surface area contributed by atoms with Crippen molar-refractivity contribution in [2.75, 3.05) is 18.8 Å². The van der Waals surface area contributed by atoms with E-state index in [1.807, 2.05) is 30.3 Å². The number of benzene rings is 1. The molecule has 5 nitrogen and oxygen atoms in total. The van der Waals surface area contributed by atoms with E-state index in [1.165, 1.54) is 6.08 Å². The molecule has 0 saturated heterocycles. The summed E-state index contributed by atoms with van der Waals surface area (Å²) in [7, 11) is -3.60. The summed E-state index contributed by atoms with van der Waals surface area (Å²) in [5, 5.41) is 8.72. The van der Waals surface area contributed by atoms with Crippen LogP contribution in [0, 0.1) is 0 Å². The highest BCUT2D eigenvalue weighted by Crippen LogP contribution is 2.07. The van der Waals surface area contributed by atoms with Gasteiger partial charge in [0.25, 0.3) is 0 Å². The van der Waals surface area contributed by atoms with Crippen LogP contribution in [0.5, 0.6) is 0 Å². The van der Waals surface area contributed by atoms with E-state index in [1.54, 1.807) is 0 Å². The molecule has 0 aliphatic carbocycles. The summed E-state index contributed by atoms with van der Waals surface area (Å²) in [6, 6.07) is 9.20. The number of rotatable bonds is 8. The fourth-order valence-electron chi connectivity index (χ4n) is 1.59. The fraction of sp³-hybridized carbons (Fsp3) is 0.308. The van der Waals surface area contributed by atoms with Crippen molar-refractivity contribution in [2.24, 2.45) is 0 Å². The third-order valence-corrected chi connectivity index (χ3v) is 4.31. The molecular formula is C13H17NO4S. The van der Waals surface area contributed by atoms with Gasteiger partial charge in [-0.05, 0) is 12.0 Å². The monoisotopic (exact) mass is 283 g/mol. The van der Waals surface area contributed by atoms with Gasteiger partial charge in [-0.1, -0.05) is 36.4 Å². The molecule has 0 amide bonds. The molecule has 0 aliphatic heterocycles. The van der Waals surface area contributed by atoms with Gasteiger partial charge in [0, 0.05) is 6.54 Å². The molecule has 0 fully saturated rings. The topological polar surface area (TPSA) is 74.7 Å². The number of aryl methyl sites for hydroxylation is 1. The molecule has 0 bridgehead atoms. The van der Waals surface area contributed by atoms with Crippen LogP contribution in [0.4, 0.5) is 0 Å². The Balaban J connectivity index is 2.71. The number of sulfonamides is 1. The zero-order valence-electron chi connectivity index (χ0n) is 10.5. The van der Waals surface area contributed by atoms with E-state index in [2.05, 4.69) is 6.58 Å². The Morgan fingerprint density at radius 3 is 2.47 bits per heavy atom. The lowest BCUT2D eigenvalue weighted by Crippen LogP contribution is -2.37. The van der Waals surface area contributed by atoms with Gasteiger partial charge in [0.15, 0.2) is 0 Å². The van der Waals surface area contributed by atoms with Gasteiger partial charge in [-0.3, -0.25) is 4.79 Å². The maximum absolute atomic E-state index is 12.0. The molecule has 0 saturated carbocycles. The normalized spacial score (nSPS) is 11.4. The van der Waals surface area contributed by atoms with E-state index in [0.29, 0.717) is 6.42 Å². The van der Waals surface area contributed by atoms with Crippen molar-refractivity contribution in [1.82, 2.24) is 4.31 Å². The van der Waals surface area contributed by atoms with Gasteiger partial charge in [0.2, 0.25) is 10.0 Å². The van der Waals surface area contributed by atoms with Crippen LogP contribution in [0.2, 0.25) is 0 Å². The van der Waals surface area contributed by atoms with E-state index in [-0.39, 0.29) is 12.3 Å². The van der Waals surface area contributed by atoms with Crippen LogP contribution in [-0.4, -0.2) is 42.6 Å². The van der Waals surface area contributed by atoms with Gasteiger partial charge in [-0.25, -0.2) is 8.42 Å². The van der Waals surface area contributed by atoms with Crippen LogP contribution in [-0.2, 0) is 21.2 Å². The molecule has 0 atom stereocenters. The number of carbonyl (C=O) groups is 1. The minimum atomic E-state index is -3.60. The second kappa shape index (κ2) is 7.06. The van der Waals surface area contributed by atoms with Gasteiger partial charge in [-0.15, -0.1) is 6.58 Å². The fourth-order valence-corrected chi connectivity index (χ4v) is 2.98. The van der Waals surface area contributed by atoms with Crippen LogP contribution >= 0.6 is 0 Å². The first-order chi connectivity index (χ1) is 8.95. The molecule has 0 aliphatic rings. The van der Waals surface area contributed by atoms with E-state index in [0.717, 1.165) is 9.87 Å². The minimum absolute atomic E-state index is 0.00340. The lowest BCUT2D eigenvalue weighted by atomic mass is 10.2. The predicted molar refractivity (Wildman–Crippen MR) is 73.3 cm³/mol. The Kier molecular flexibility index (Phi) is 5.72. The molecule has 6 heteroatoms. The standard InChI is InChI=1S/C13H17NO4S/c1-2-9-14(11-13(15)16)19(17,18)10-8-12-6-4-3-5-7-12/h2-7H,1,8-11H2,(H,15,16). The average molecular weight is 283 g/mol. The molecule has 1 rings (SSSR count). The molecule has 1 aromatic carbocycles. The molecular weight excluding hydrogens is 266 g/mol. The molecule has 19 heavy (non-hydrogen) atoms. The summed E-state index contributed by atoms with van der Waals surface area (Å²) in [6.45, 7) is 2.91. The zero-order chi connectivity index (χ0) is 14.3. The Labute approximate surface area is 113 Å². The SMILES string of the molecule is C=CCN(CC(=O)O)S(=O)(=O)CCc1ccccc1. The van der Waals surface area contributed by atoms with Crippen molar-refractivity contribution in [1.29, 1.82) is 0 Å². The van der Waals surface area contributed by atoms with E-state index in [4.69, 9.17) is 5.11 Å². The maximum atomic E-state index is 12.0. The Hall–Kier alpha value is -1.66. The largest absolute Gasteiger partial charge is 0.480 e. The first kappa shape index (κ1) is 15.4. The second-order valence-electron chi connectivity index (χ2n) is 4.03. The highest BCUT2D eigenvalue weighted by Gasteiger charge is 2.22. The molecule has 0 heterocycles. The Bertz CT molecular complexity index is 525. The molecule has 0 aromatic heterocycles. The summed E-state index contributed by atoms with van der Waals surface area (Å²) in [5.74, 6) is -1.29. The summed E-state index contributed by atoms with van der Waals surface area (Å²) in [5.41, 5.74) is 0.903. The van der Waals surface area contributed by atoms with Gasteiger partial charge in [0.1, 0.15) is 6.54 Å². The van der Waals surface area contributed by atoms with E-state index < -0.39 is 22.5 Å². The summed E-state index contributed by atoms with van der Waals surface area (Å²) < 4.78 is 25.0. The number of nitrogens with zero attached hydrogens (tertiary/aromatic N) is 1. The van der Waals surface area contributed by atoms with Gasteiger partial charge in [-0.2, -0.15) is 4.31 Å². The third-order valence-electron chi connectivity index (χ3n) is 2.53. The zero-order valence-corrected chi connectivity index (χ0v) is 11.3. The highest BCUT2D eigenvalue weighted by atomic mass is 32.2. The number of carboxylic acid groups (broad SMARTS) is 1. The molecule has 0 radical (unpaired) electrons. The number of hydrogen-bond acceptors (Lipinski definition) is 3. The first-order valence-electron chi connectivity index (χ1n) is 5.80. The van der Waals surface area contributed by atoms with Gasteiger partial charge in [0.05, 0.1) is 5.75 Å². The van der Waals surface area contributed by atoms with E-state index in [9.17, 15) is 13.2 Å². The van der Waals surface area contributed by atoms with Crippen molar-refractivity contribution in [3.63, 3.8) is 0 Å². The highest BCUT2D eigenvalue weighted by molar-refractivity contribution is 7.89. The number of hydrogen-bond donors (Lipinski definition) is 1. The predicted octanol–water partition coefficient (Wildman–Crippen LogP) is 1.13. The lowest BCUT2D eigenvalue weighted by Gasteiger charge is -2.18.